The molecule has 0 saturated carbocycles. The van der Waals surface area contributed by atoms with Crippen LogP contribution >= 0.6 is 0 Å². The molecule has 9 nitrogen and oxygen atoms in total. The van der Waals surface area contributed by atoms with Gasteiger partial charge in [-0.15, -0.1) is 0 Å². The van der Waals surface area contributed by atoms with Crippen LogP contribution in [0.1, 0.15) is 48.3 Å². The fourth-order valence-corrected chi connectivity index (χ4v) is 4.11. The van der Waals surface area contributed by atoms with Gasteiger partial charge in [0.15, 0.2) is 0 Å². The van der Waals surface area contributed by atoms with E-state index in [0.29, 0.717) is 61.8 Å². The number of hydrogen-bond donors (Lipinski definition) is 1. The predicted octanol–water partition coefficient (Wildman–Crippen LogP) is 2.73. The first kappa shape index (κ1) is 20.9. The molecule has 2 aromatic rings. The molecule has 0 radical (unpaired) electrons. The number of likely N-dealkylation sites (tertiary alicyclic amines) is 1. The Kier molecular flexibility index (Phi) is 5.92. The molecule has 2 aromatic heterocycles. The van der Waals surface area contributed by atoms with E-state index in [1.807, 2.05) is 6.07 Å². The second-order valence-electron chi connectivity index (χ2n) is 7.68. The second kappa shape index (κ2) is 8.79. The molecule has 2 aliphatic heterocycles. The van der Waals surface area contributed by atoms with Gasteiger partial charge in [0.25, 0.3) is 5.91 Å². The summed E-state index contributed by atoms with van der Waals surface area (Å²) in [6.45, 7) is 3.20. The van der Waals surface area contributed by atoms with E-state index in [0.717, 1.165) is 0 Å². The monoisotopic (exact) mass is 426 g/mol. The highest BCUT2D eigenvalue weighted by atomic mass is 16.6. The third-order valence-corrected chi connectivity index (χ3v) is 5.73. The average molecular weight is 426 g/mol. The summed E-state index contributed by atoms with van der Waals surface area (Å²) in [5.41, 5.74) is 0.610. The first-order chi connectivity index (χ1) is 15.0. The molecule has 0 bridgehead atoms. The van der Waals surface area contributed by atoms with E-state index in [1.54, 1.807) is 43.3 Å². The Labute approximate surface area is 180 Å². The van der Waals surface area contributed by atoms with Gasteiger partial charge in [-0.25, -0.2) is 9.78 Å². The van der Waals surface area contributed by atoms with Crippen molar-refractivity contribution in [1.29, 1.82) is 0 Å². The van der Waals surface area contributed by atoms with Crippen LogP contribution in [0, 0.1) is 0 Å². The summed E-state index contributed by atoms with van der Waals surface area (Å²) < 4.78 is 16.8. The van der Waals surface area contributed by atoms with Gasteiger partial charge in [-0.05, 0) is 25.1 Å². The number of nitrogens with zero attached hydrogens (tertiary/aromatic N) is 3. The van der Waals surface area contributed by atoms with E-state index in [1.165, 1.54) is 6.20 Å². The standard InChI is InChI=1S/C22H26N4O5/c1-3-30-21(28)26-11-8-22(9-12-26)13-16(24-20(27)15-5-4-10-23-14-15)19-17(31-22)6-7-18(25-19)29-2/h4-7,10,14,16H,3,8-9,11-13H2,1-2H3,(H,24,27). The first-order valence-corrected chi connectivity index (χ1v) is 10.4. The van der Waals surface area contributed by atoms with E-state index >= 15 is 0 Å². The lowest BCUT2D eigenvalue weighted by molar-refractivity contribution is -0.0246. The lowest BCUT2D eigenvalue weighted by Crippen LogP contribution is -2.53. The summed E-state index contributed by atoms with van der Waals surface area (Å²) >= 11 is 0. The van der Waals surface area contributed by atoms with Crippen molar-refractivity contribution in [3.8, 4) is 11.6 Å². The van der Waals surface area contributed by atoms with Crippen molar-refractivity contribution in [1.82, 2.24) is 20.2 Å². The van der Waals surface area contributed by atoms with Gasteiger partial charge in [0.05, 0.1) is 25.3 Å². The quantitative estimate of drug-likeness (QED) is 0.802. The number of hydrogen-bond acceptors (Lipinski definition) is 7. The highest BCUT2D eigenvalue weighted by Gasteiger charge is 2.45. The van der Waals surface area contributed by atoms with Gasteiger partial charge in [0.1, 0.15) is 17.0 Å². The van der Waals surface area contributed by atoms with Gasteiger partial charge < -0.3 is 24.4 Å². The molecule has 4 heterocycles. The lowest BCUT2D eigenvalue weighted by atomic mass is 9.81. The molecule has 9 heteroatoms. The molecule has 0 aromatic carbocycles. The van der Waals surface area contributed by atoms with Gasteiger partial charge in [-0.3, -0.25) is 9.78 Å². The Morgan fingerprint density at radius 2 is 2.10 bits per heavy atom. The number of amides is 2. The molecule has 2 amide bonds. The zero-order chi connectivity index (χ0) is 21.8. The number of rotatable bonds is 4. The van der Waals surface area contributed by atoms with Crippen molar-refractivity contribution < 1.29 is 23.8 Å². The minimum absolute atomic E-state index is 0.227. The molecule has 1 fully saturated rings. The third kappa shape index (κ3) is 4.40. The number of pyridine rings is 2. The first-order valence-electron chi connectivity index (χ1n) is 10.4. The predicted molar refractivity (Wildman–Crippen MR) is 111 cm³/mol. The zero-order valence-electron chi connectivity index (χ0n) is 17.7. The lowest BCUT2D eigenvalue weighted by Gasteiger charge is -2.46. The molecule has 1 saturated heterocycles. The third-order valence-electron chi connectivity index (χ3n) is 5.73. The molecular formula is C22H26N4O5. The Balaban J connectivity index is 1.57. The van der Waals surface area contributed by atoms with Gasteiger partial charge in [-0.1, -0.05) is 0 Å². The van der Waals surface area contributed by atoms with Crippen LogP contribution in [0.2, 0.25) is 0 Å². The van der Waals surface area contributed by atoms with E-state index < -0.39 is 5.60 Å². The van der Waals surface area contributed by atoms with Crippen LogP contribution in [-0.2, 0) is 4.74 Å². The van der Waals surface area contributed by atoms with Crippen LogP contribution in [-0.4, -0.2) is 59.3 Å². The van der Waals surface area contributed by atoms with Crippen LogP contribution in [0.25, 0.3) is 0 Å². The number of carbonyl (C=O) groups is 2. The van der Waals surface area contributed by atoms with Crippen molar-refractivity contribution in [3.05, 3.63) is 47.9 Å². The van der Waals surface area contributed by atoms with E-state index in [4.69, 9.17) is 14.2 Å². The largest absolute Gasteiger partial charge is 0.485 e. The highest BCUT2D eigenvalue weighted by molar-refractivity contribution is 5.94. The van der Waals surface area contributed by atoms with Crippen molar-refractivity contribution in [3.63, 3.8) is 0 Å². The van der Waals surface area contributed by atoms with Crippen molar-refractivity contribution in [2.24, 2.45) is 0 Å². The maximum absolute atomic E-state index is 12.8. The van der Waals surface area contributed by atoms with Gasteiger partial charge in [0.2, 0.25) is 5.88 Å². The summed E-state index contributed by atoms with van der Waals surface area (Å²) in [5, 5.41) is 3.09. The number of ether oxygens (including phenoxy) is 3. The van der Waals surface area contributed by atoms with Gasteiger partial charge in [0, 0.05) is 50.8 Å². The van der Waals surface area contributed by atoms with Crippen molar-refractivity contribution in [2.45, 2.75) is 37.8 Å². The van der Waals surface area contributed by atoms with Crippen LogP contribution in [0.5, 0.6) is 11.6 Å². The van der Waals surface area contributed by atoms with Crippen LogP contribution < -0.4 is 14.8 Å². The Morgan fingerprint density at radius 3 is 2.77 bits per heavy atom. The number of aromatic nitrogens is 2. The minimum Gasteiger partial charge on any atom is -0.485 e. The molecule has 0 aliphatic carbocycles. The summed E-state index contributed by atoms with van der Waals surface area (Å²) in [4.78, 5) is 35.2. The van der Waals surface area contributed by atoms with E-state index in [2.05, 4.69) is 15.3 Å². The Morgan fingerprint density at radius 1 is 1.29 bits per heavy atom. The summed E-state index contributed by atoms with van der Waals surface area (Å²) in [5.74, 6) is 0.846. The maximum Gasteiger partial charge on any atom is 0.409 e. The number of methoxy groups -OCH3 is 1. The van der Waals surface area contributed by atoms with Crippen molar-refractivity contribution >= 4 is 12.0 Å². The van der Waals surface area contributed by atoms with Gasteiger partial charge >= 0.3 is 6.09 Å². The maximum atomic E-state index is 12.8. The molecule has 1 atom stereocenters. The normalized spacial score (nSPS) is 19.2. The minimum atomic E-state index is -0.501. The Bertz CT molecular complexity index is 944. The SMILES string of the molecule is CCOC(=O)N1CCC2(CC1)CC(NC(=O)c1cccnc1)c1nc(OC)ccc1O2. The number of fused-ring (bicyclic) bond motifs is 1. The summed E-state index contributed by atoms with van der Waals surface area (Å²) in [6.07, 6.45) is 4.67. The molecule has 31 heavy (non-hydrogen) atoms. The number of piperidine rings is 1. The zero-order valence-corrected chi connectivity index (χ0v) is 17.7. The number of carbonyl (C=O) groups excluding carboxylic acids is 2. The molecule has 4 rings (SSSR count). The van der Waals surface area contributed by atoms with Crippen LogP contribution in [0.4, 0.5) is 4.79 Å². The van der Waals surface area contributed by atoms with E-state index in [-0.39, 0.29) is 18.0 Å². The highest BCUT2D eigenvalue weighted by Crippen LogP contribution is 2.44. The summed E-state index contributed by atoms with van der Waals surface area (Å²) in [7, 11) is 1.55. The molecule has 1 N–H and O–H groups in total. The fourth-order valence-electron chi connectivity index (χ4n) is 4.11. The molecular weight excluding hydrogens is 400 g/mol. The average Bonchev–Trinajstić information content (AvgIpc) is 2.80. The van der Waals surface area contributed by atoms with Crippen molar-refractivity contribution in [2.75, 3.05) is 26.8 Å². The molecule has 164 valence electrons. The Hall–Kier alpha value is -3.36. The molecule has 1 unspecified atom stereocenters. The molecule has 1 spiro atoms. The number of nitrogens with one attached hydrogen (secondary N) is 1. The fraction of sp³-hybridized carbons (Fsp3) is 0.455. The van der Waals surface area contributed by atoms with Crippen LogP contribution in [0.15, 0.2) is 36.7 Å². The van der Waals surface area contributed by atoms with Crippen LogP contribution in [0.3, 0.4) is 0 Å². The topological polar surface area (TPSA) is 103 Å². The van der Waals surface area contributed by atoms with E-state index in [9.17, 15) is 9.59 Å². The second-order valence-corrected chi connectivity index (χ2v) is 7.68. The molecule has 2 aliphatic rings. The summed E-state index contributed by atoms with van der Waals surface area (Å²) in [6, 6.07) is 6.64. The smallest absolute Gasteiger partial charge is 0.409 e. The van der Waals surface area contributed by atoms with Gasteiger partial charge in [-0.2, -0.15) is 0 Å².